The van der Waals surface area contributed by atoms with Crippen LogP contribution in [0.2, 0.25) is 0 Å². The number of carbonyl (C=O) groups is 2. The minimum Gasteiger partial charge on any atom is -0.379 e. The summed E-state index contributed by atoms with van der Waals surface area (Å²) in [4.78, 5) is 32.9. The van der Waals surface area contributed by atoms with Crippen LogP contribution in [0.1, 0.15) is 30.1 Å². The van der Waals surface area contributed by atoms with Crippen LogP contribution in [-0.2, 0) is 4.74 Å². The molecule has 2 aliphatic rings. The molecule has 2 saturated heterocycles. The number of likely N-dealkylation sites (tertiary alicyclic amines) is 1. The summed E-state index contributed by atoms with van der Waals surface area (Å²) in [6.07, 6.45) is 4.95. The van der Waals surface area contributed by atoms with E-state index in [1.165, 1.54) is 0 Å². The zero-order valence-electron chi connectivity index (χ0n) is 14.7. The summed E-state index contributed by atoms with van der Waals surface area (Å²) in [7, 11) is 0. The highest BCUT2D eigenvalue weighted by molar-refractivity contribution is 5.94. The van der Waals surface area contributed by atoms with E-state index in [1.54, 1.807) is 24.5 Å². The van der Waals surface area contributed by atoms with Crippen LogP contribution in [0.25, 0.3) is 0 Å². The fourth-order valence-electron chi connectivity index (χ4n) is 3.60. The number of rotatable bonds is 3. The standard InChI is InChI=1S/C18H26N4O3/c1-2-6-20-18(24)22-9-10-25-13-15-12-21(8-5-16(15)22)17(23)14-4-3-7-19-11-14/h3-4,7,11,15-16H,2,5-6,8-10,12-13H2,1H3,(H,20,24)/t15-,16-/m1/s1. The number of piperidine rings is 1. The molecule has 3 rings (SSSR count). The molecule has 3 amide bonds. The molecule has 7 heteroatoms. The lowest BCUT2D eigenvalue weighted by Crippen LogP contribution is -2.56. The van der Waals surface area contributed by atoms with Gasteiger partial charge < -0.3 is 19.9 Å². The van der Waals surface area contributed by atoms with Crippen molar-refractivity contribution in [1.82, 2.24) is 20.1 Å². The number of hydrogen-bond acceptors (Lipinski definition) is 4. The molecule has 3 heterocycles. The molecule has 2 atom stereocenters. The Morgan fingerprint density at radius 1 is 1.40 bits per heavy atom. The maximum absolute atomic E-state index is 12.7. The van der Waals surface area contributed by atoms with Gasteiger partial charge in [0, 0.05) is 50.5 Å². The lowest BCUT2D eigenvalue weighted by atomic mass is 9.91. The summed E-state index contributed by atoms with van der Waals surface area (Å²) in [5.74, 6) is 0.141. The molecule has 1 aromatic heterocycles. The van der Waals surface area contributed by atoms with Crippen LogP contribution in [0.15, 0.2) is 24.5 Å². The predicted molar refractivity (Wildman–Crippen MR) is 93.3 cm³/mol. The highest BCUT2D eigenvalue weighted by atomic mass is 16.5. The first-order valence-corrected chi connectivity index (χ1v) is 9.02. The SMILES string of the molecule is CCCNC(=O)N1CCOC[C@H]2CN(C(=O)c3cccnc3)CC[C@H]21. The van der Waals surface area contributed by atoms with Crippen LogP contribution in [0.5, 0.6) is 0 Å². The summed E-state index contributed by atoms with van der Waals surface area (Å²) in [5.41, 5.74) is 0.605. The summed E-state index contributed by atoms with van der Waals surface area (Å²) in [6.45, 7) is 5.70. The molecule has 0 aliphatic carbocycles. The Labute approximate surface area is 148 Å². The van der Waals surface area contributed by atoms with E-state index in [0.29, 0.717) is 45.0 Å². The number of nitrogens with one attached hydrogen (secondary N) is 1. The number of hydrogen-bond donors (Lipinski definition) is 1. The molecule has 0 aromatic carbocycles. The summed E-state index contributed by atoms with van der Waals surface area (Å²) in [5, 5.41) is 2.97. The Morgan fingerprint density at radius 2 is 2.28 bits per heavy atom. The largest absolute Gasteiger partial charge is 0.379 e. The molecular formula is C18H26N4O3. The molecule has 2 aliphatic heterocycles. The average molecular weight is 346 g/mol. The van der Waals surface area contributed by atoms with Crippen LogP contribution in [0.4, 0.5) is 4.79 Å². The van der Waals surface area contributed by atoms with E-state index < -0.39 is 0 Å². The van der Waals surface area contributed by atoms with Gasteiger partial charge in [0.15, 0.2) is 0 Å². The molecule has 1 aromatic rings. The fraction of sp³-hybridized carbons (Fsp3) is 0.611. The van der Waals surface area contributed by atoms with Gasteiger partial charge in [0.05, 0.1) is 18.8 Å². The maximum Gasteiger partial charge on any atom is 0.317 e. The molecule has 0 radical (unpaired) electrons. The fourth-order valence-corrected chi connectivity index (χ4v) is 3.60. The third-order valence-corrected chi connectivity index (χ3v) is 4.89. The Balaban J connectivity index is 1.68. The quantitative estimate of drug-likeness (QED) is 0.897. The van der Waals surface area contributed by atoms with Gasteiger partial charge in [-0.15, -0.1) is 0 Å². The first-order chi connectivity index (χ1) is 12.2. The van der Waals surface area contributed by atoms with Gasteiger partial charge in [0.25, 0.3) is 5.91 Å². The third kappa shape index (κ3) is 4.10. The average Bonchev–Trinajstić information content (AvgIpc) is 2.88. The lowest BCUT2D eigenvalue weighted by molar-refractivity contribution is 0.0431. The monoisotopic (exact) mass is 346 g/mol. The highest BCUT2D eigenvalue weighted by Gasteiger charge is 2.38. The molecular weight excluding hydrogens is 320 g/mol. The minimum atomic E-state index is -0.0191. The highest BCUT2D eigenvalue weighted by Crippen LogP contribution is 2.26. The molecule has 1 N–H and O–H groups in total. The predicted octanol–water partition coefficient (Wildman–Crippen LogP) is 1.36. The van der Waals surface area contributed by atoms with Crippen LogP contribution in [0, 0.1) is 5.92 Å². The normalized spacial score (nSPS) is 23.6. The van der Waals surface area contributed by atoms with Gasteiger partial charge in [0.1, 0.15) is 0 Å². The van der Waals surface area contributed by atoms with Gasteiger partial charge in [-0.1, -0.05) is 6.92 Å². The number of fused-ring (bicyclic) bond motifs is 1. The zero-order valence-corrected chi connectivity index (χ0v) is 14.7. The molecule has 0 spiro atoms. The van der Waals surface area contributed by atoms with Gasteiger partial charge in [-0.25, -0.2) is 4.79 Å². The summed E-state index contributed by atoms with van der Waals surface area (Å²) in [6, 6.07) is 3.66. The molecule has 2 fully saturated rings. The van der Waals surface area contributed by atoms with E-state index in [2.05, 4.69) is 10.3 Å². The lowest BCUT2D eigenvalue weighted by Gasteiger charge is -2.42. The smallest absolute Gasteiger partial charge is 0.317 e. The van der Waals surface area contributed by atoms with Crippen molar-refractivity contribution in [2.24, 2.45) is 5.92 Å². The van der Waals surface area contributed by atoms with E-state index in [0.717, 1.165) is 12.8 Å². The molecule has 136 valence electrons. The van der Waals surface area contributed by atoms with Crippen molar-refractivity contribution in [2.75, 3.05) is 39.4 Å². The second kappa shape index (κ2) is 8.29. The van der Waals surface area contributed by atoms with Crippen molar-refractivity contribution < 1.29 is 14.3 Å². The topological polar surface area (TPSA) is 74.8 Å². The van der Waals surface area contributed by atoms with E-state index in [9.17, 15) is 9.59 Å². The number of nitrogens with zero attached hydrogens (tertiary/aromatic N) is 3. The van der Waals surface area contributed by atoms with E-state index >= 15 is 0 Å². The zero-order chi connectivity index (χ0) is 17.6. The Kier molecular flexibility index (Phi) is 5.86. The number of aromatic nitrogens is 1. The molecule has 0 saturated carbocycles. The Bertz CT molecular complexity index is 595. The second-order valence-corrected chi connectivity index (χ2v) is 6.61. The first kappa shape index (κ1) is 17.7. The van der Waals surface area contributed by atoms with E-state index in [-0.39, 0.29) is 23.9 Å². The van der Waals surface area contributed by atoms with Crippen LogP contribution < -0.4 is 5.32 Å². The van der Waals surface area contributed by atoms with E-state index in [4.69, 9.17) is 4.74 Å². The minimum absolute atomic E-state index is 0.00205. The van der Waals surface area contributed by atoms with Crippen LogP contribution in [-0.4, -0.2) is 72.2 Å². The summed E-state index contributed by atoms with van der Waals surface area (Å²) < 4.78 is 5.71. The van der Waals surface area contributed by atoms with Gasteiger partial charge >= 0.3 is 6.03 Å². The number of amides is 3. The van der Waals surface area contributed by atoms with Crippen LogP contribution >= 0.6 is 0 Å². The first-order valence-electron chi connectivity index (χ1n) is 9.02. The molecule has 0 bridgehead atoms. The van der Waals surface area contributed by atoms with Gasteiger partial charge in [0.2, 0.25) is 0 Å². The van der Waals surface area contributed by atoms with Crippen LogP contribution in [0.3, 0.4) is 0 Å². The van der Waals surface area contributed by atoms with E-state index in [1.807, 2.05) is 16.7 Å². The number of pyridine rings is 1. The number of carbonyl (C=O) groups excluding carboxylic acids is 2. The Hall–Kier alpha value is -2.15. The van der Waals surface area contributed by atoms with Crippen molar-refractivity contribution in [1.29, 1.82) is 0 Å². The number of urea groups is 1. The molecule has 0 unspecified atom stereocenters. The third-order valence-electron chi connectivity index (χ3n) is 4.89. The molecule has 7 nitrogen and oxygen atoms in total. The summed E-state index contributed by atoms with van der Waals surface area (Å²) >= 11 is 0. The maximum atomic E-state index is 12.7. The van der Waals surface area contributed by atoms with Gasteiger partial charge in [-0.05, 0) is 25.0 Å². The Morgan fingerprint density at radius 3 is 3.04 bits per heavy atom. The van der Waals surface area contributed by atoms with Crippen molar-refractivity contribution in [3.63, 3.8) is 0 Å². The van der Waals surface area contributed by atoms with Crippen molar-refractivity contribution in [3.8, 4) is 0 Å². The van der Waals surface area contributed by atoms with Gasteiger partial charge in [-0.3, -0.25) is 9.78 Å². The molecule has 25 heavy (non-hydrogen) atoms. The van der Waals surface area contributed by atoms with Crippen molar-refractivity contribution >= 4 is 11.9 Å². The second-order valence-electron chi connectivity index (χ2n) is 6.61. The number of ether oxygens (including phenoxy) is 1. The van der Waals surface area contributed by atoms with Crippen molar-refractivity contribution in [2.45, 2.75) is 25.8 Å². The van der Waals surface area contributed by atoms with Gasteiger partial charge in [-0.2, -0.15) is 0 Å². The van der Waals surface area contributed by atoms with Crippen molar-refractivity contribution in [3.05, 3.63) is 30.1 Å².